The summed E-state index contributed by atoms with van der Waals surface area (Å²) in [6, 6.07) is 20.0. The van der Waals surface area contributed by atoms with Gasteiger partial charge in [0.15, 0.2) is 11.4 Å². The molecule has 0 radical (unpaired) electrons. The zero-order valence-corrected chi connectivity index (χ0v) is 33.4. The zero-order chi connectivity index (χ0) is 41.0. The third kappa shape index (κ3) is 6.79. The Labute approximate surface area is 342 Å². The van der Waals surface area contributed by atoms with E-state index in [1.165, 1.54) is 25.3 Å². The molecule has 11 nitrogen and oxygen atoms in total. The molecule has 2 fully saturated rings. The van der Waals surface area contributed by atoms with Crippen molar-refractivity contribution < 1.29 is 42.8 Å². The minimum Gasteiger partial charge on any atom is -0.497 e. The Hall–Kier alpha value is -5.34. The molecule has 4 heterocycles. The van der Waals surface area contributed by atoms with E-state index in [1.54, 1.807) is 45.5 Å². The lowest BCUT2D eigenvalue weighted by Gasteiger charge is -2.38. The minimum absolute atomic E-state index is 0.0388. The smallest absolute Gasteiger partial charge is 0.355 e. The monoisotopic (exact) mass is 832 g/mol. The van der Waals surface area contributed by atoms with Crippen LogP contribution < -0.4 is 14.5 Å². The Morgan fingerprint density at radius 2 is 1.31 bits per heavy atom. The Kier molecular flexibility index (Phi) is 10.5. The Morgan fingerprint density at radius 3 is 1.88 bits per heavy atom. The van der Waals surface area contributed by atoms with Crippen LogP contribution in [0.3, 0.4) is 0 Å². The number of carboxylic acid groups (broad SMARTS) is 2. The third-order valence-corrected chi connectivity index (χ3v) is 11.9. The van der Waals surface area contributed by atoms with Gasteiger partial charge in [-0.25, -0.2) is 18.4 Å². The average Bonchev–Trinajstić information content (AvgIpc) is 3.76. The predicted octanol–water partition coefficient (Wildman–Crippen LogP) is 8.97. The summed E-state index contributed by atoms with van der Waals surface area (Å²) >= 11 is 13.3. The van der Waals surface area contributed by atoms with Crippen molar-refractivity contribution in [3.05, 3.63) is 111 Å². The number of anilines is 2. The molecule has 0 spiro atoms. The van der Waals surface area contributed by atoms with Crippen LogP contribution >= 0.6 is 23.2 Å². The summed E-state index contributed by atoms with van der Waals surface area (Å²) in [6.07, 6.45) is 0.0635. The van der Waals surface area contributed by atoms with E-state index in [2.05, 4.69) is 13.8 Å². The van der Waals surface area contributed by atoms with Gasteiger partial charge in [-0.1, -0.05) is 55.2 Å². The molecule has 8 rings (SSSR count). The highest BCUT2D eigenvalue weighted by Gasteiger charge is 2.36. The fourth-order valence-corrected chi connectivity index (χ4v) is 8.97. The number of aromatic carboxylic acids is 2. The predicted molar refractivity (Wildman–Crippen MR) is 220 cm³/mol. The number of halogens is 4. The van der Waals surface area contributed by atoms with Gasteiger partial charge in [-0.3, -0.25) is 0 Å². The molecule has 4 aromatic carbocycles. The summed E-state index contributed by atoms with van der Waals surface area (Å²) in [5.74, 6) is -3.22. The van der Waals surface area contributed by atoms with E-state index in [0.29, 0.717) is 78.5 Å². The fraction of sp³-hybridized carbons (Fsp3) is 0.302. The molecule has 0 saturated carbocycles. The van der Waals surface area contributed by atoms with Crippen LogP contribution in [0.5, 0.6) is 5.75 Å². The lowest BCUT2D eigenvalue weighted by Crippen LogP contribution is -2.45. The zero-order valence-electron chi connectivity index (χ0n) is 31.9. The quantitative estimate of drug-likeness (QED) is 0.140. The molecular formula is C43H40Cl2F2N4O7. The highest BCUT2D eigenvalue weighted by molar-refractivity contribution is 6.38. The van der Waals surface area contributed by atoms with Crippen LogP contribution in [0.1, 0.15) is 46.8 Å². The van der Waals surface area contributed by atoms with Gasteiger partial charge in [0, 0.05) is 48.7 Å². The number of hydrogen-bond donors (Lipinski definition) is 2. The van der Waals surface area contributed by atoms with Gasteiger partial charge in [0.25, 0.3) is 0 Å². The first-order chi connectivity index (χ1) is 27.8. The maximum atomic E-state index is 15.2. The number of nitrogens with zero attached hydrogens (tertiary/aromatic N) is 4. The molecule has 2 aliphatic heterocycles. The van der Waals surface area contributed by atoms with Crippen molar-refractivity contribution in [2.75, 3.05) is 62.9 Å². The number of morpholine rings is 2. The molecule has 2 saturated heterocycles. The highest BCUT2D eigenvalue weighted by atomic mass is 35.5. The van der Waals surface area contributed by atoms with Crippen molar-refractivity contribution in [2.45, 2.75) is 31.8 Å². The van der Waals surface area contributed by atoms with Gasteiger partial charge >= 0.3 is 11.9 Å². The minimum atomic E-state index is -1.22. The molecule has 2 aliphatic rings. The van der Waals surface area contributed by atoms with Crippen LogP contribution in [0.2, 0.25) is 10.0 Å². The van der Waals surface area contributed by atoms with Gasteiger partial charge in [-0.15, -0.1) is 0 Å². The van der Waals surface area contributed by atoms with E-state index in [1.807, 2.05) is 28.0 Å². The van der Waals surface area contributed by atoms with E-state index < -0.39 is 35.1 Å². The Bertz CT molecular complexity index is 2600. The normalized spacial score (nSPS) is 16.4. The molecule has 6 aromatic rings. The number of methoxy groups -OCH3 is 1. The third-order valence-electron chi connectivity index (χ3n) is 11.1. The van der Waals surface area contributed by atoms with Crippen molar-refractivity contribution in [2.24, 2.45) is 0 Å². The first kappa shape index (κ1) is 39.5. The number of carbonyl (C=O) groups is 2. The molecular weight excluding hydrogens is 793 g/mol. The SMILES string of the molecule is COc1cccc(-n2c(C(=O)O)c(N3CCOC(CC(C)(C)c4cccc(-n5c(C(=O)O)c(N6CCOCC6)c6c(Cl)c(F)ccc65)c4)C3)c3c(Cl)c(F)ccc32)c1. The van der Waals surface area contributed by atoms with E-state index >= 15 is 4.39 Å². The molecule has 302 valence electrons. The van der Waals surface area contributed by atoms with Crippen LogP contribution in [0.15, 0.2) is 72.8 Å². The largest absolute Gasteiger partial charge is 0.497 e. The van der Waals surface area contributed by atoms with Gasteiger partial charge < -0.3 is 43.4 Å². The van der Waals surface area contributed by atoms with Crippen molar-refractivity contribution in [1.82, 2.24) is 9.13 Å². The van der Waals surface area contributed by atoms with Crippen LogP contribution in [0, 0.1) is 11.6 Å². The van der Waals surface area contributed by atoms with Crippen molar-refractivity contribution in [3.63, 3.8) is 0 Å². The van der Waals surface area contributed by atoms with Crippen LogP contribution in [0.4, 0.5) is 20.2 Å². The number of rotatable bonds is 10. The van der Waals surface area contributed by atoms with Gasteiger partial charge in [-0.05, 0) is 65.9 Å². The highest BCUT2D eigenvalue weighted by Crippen LogP contribution is 2.45. The van der Waals surface area contributed by atoms with Crippen LogP contribution in [-0.2, 0) is 14.9 Å². The Morgan fingerprint density at radius 1 is 0.776 bits per heavy atom. The molecule has 0 amide bonds. The van der Waals surface area contributed by atoms with Gasteiger partial charge in [0.2, 0.25) is 0 Å². The van der Waals surface area contributed by atoms with E-state index in [0.717, 1.165) is 5.56 Å². The molecule has 0 aliphatic carbocycles. The summed E-state index contributed by atoms with van der Waals surface area (Å²) in [4.78, 5) is 30.1. The molecule has 0 bridgehead atoms. The summed E-state index contributed by atoms with van der Waals surface area (Å²) in [7, 11) is 1.52. The standard InChI is InChI=1S/C43H40Cl2F2N4O7/c1-43(2,24-6-4-7-25(20-24)50-31-12-10-29(46)35(44)33(31)37(39(50)41(52)53)48-14-17-57-18-15-48)22-28-23-49(16-19-58-28)38-34-32(13-11-30(47)36(34)45)51(40(38)42(54)55)26-8-5-9-27(21-26)56-3/h4-13,20-21,28H,14-19,22-23H2,1-3H3,(H,52,53)(H,54,55). The lowest BCUT2D eigenvalue weighted by atomic mass is 9.79. The van der Waals surface area contributed by atoms with Crippen molar-refractivity contribution in [1.29, 1.82) is 0 Å². The lowest BCUT2D eigenvalue weighted by molar-refractivity contribution is 0.0229. The summed E-state index contributed by atoms with van der Waals surface area (Å²) < 4.78 is 50.6. The number of fused-ring (bicyclic) bond motifs is 2. The van der Waals surface area contributed by atoms with Gasteiger partial charge in [0.1, 0.15) is 17.4 Å². The van der Waals surface area contributed by atoms with Crippen LogP contribution in [0.25, 0.3) is 33.2 Å². The summed E-state index contributed by atoms with van der Waals surface area (Å²) in [5.41, 5.74) is 2.74. The number of hydrogen-bond acceptors (Lipinski definition) is 7. The maximum absolute atomic E-state index is 15.2. The molecule has 2 N–H and O–H groups in total. The molecule has 58 heavy (non-hydrogen) atoms. The van der Waals surface area contributed by atoms with E-state index in [-0.39, 0.29) is 45.7 Å². The second-order valence-electron chi connectivity index (χ2n) is 15.1. The number of carboxylic acids is 2. The van der Waals surface area contributed by atoms with E-state index in [4.69, 9.17) is 37.4 Å². The maximum Gasteiger partial charge on any atom is 0.355 e. The summed E-state index contributed by atoms with van der Waals surface area (Å²) in [5, 5.41) is 21.7. The molecule has 2 aromatic heterocycles. The van der Waals surface area contributed by atoms with Gasteiger partial charge in [-0.2, -0.15) is 0 Å². The second-order valence-corrected chi connectivity index (χ2v) is 15.8. The first-order valence-electron chi connectivity index (χ1n) is 18.8. The van der Waals surface area contributed by atoms with Gasteiger partial charge in [0.05, 0.1) is 71.2 Å². The van der Waals surface area contributed by atoms with E-state index in [9.17, 15) is 24.2 Å². The second kappa shape index (κ2) is 15.4. The number of benzene rings is 4. The number of aromatic nitrogens is 2. The first-order valence-corrected chi connectivity index (χ1v) is 19.5. The van der Waals surface area contributed by atoms with Crippen molar-refractivity contribution >= 4 is 68.3 Å². The molecule has 15 heteroatoms. The topological polar surface area (TPSA) is 119 Å². The fourth-order valence-electron chi connectivity index (χ4n) is 8.48. The average molecular weight is 834 g/mol. The molecule has 1 atom stereocenters. The van der Waals surface area contributed by atoms with Crippen molar-refractivity contribution in [3.8, 4) is 17.1 Å². The Balaban J connectivity index is 1.17. The number of ether oxygens (including phenoxy) is 3. The molecule has 1 unspecified atom stereocenters. The summed E-state index contributed by atoms with van der Waals surface area (Å²) in [6.45, 7) is 6.55. The van der Waals surface area contributed by atoms with Crippen LogP contribution in [-0.4, -0.2) is 90.5 Å².